The van der Waals surface area contributed by atoms with E-state index in [4.69, 9.17) is 0 Å². The minimum Gasteiger partial charge on any atom is -0.435 e. The number of anilines is 1. The molecule has 0 fully saturated rings. The van der Waals surface area contributed by atoms with E-state index in [0.29, 0.717) is 12.1 Å². The van der Waals surface area contributed by atoms with Gasteiger partial charge in [-0.1, -0.05) is 12.1 Å². The molecule has 0 spiro atoms. The zero-order valence-electron chi connectivity index (χ0n) is 8.27. The molecule has 0 N–H and O–H groups in total. The molecule has 1 aromatic rings. The topological polar surface area (TPSA) is 29.5 Å². The maximum Gasteiger partial charge on any atom is 0.387 e. The molecule has 0 atom stereocenters. The number of hydrogen-bond acceptors (Lipinski definition) is 2. The molecule has 1 aliphatic rings. The lowest BCUT2D eigenvalue weighted by Crippen LogP contribution is -2.19. The van der Waals surface area contributed by atoms with E-state index >= 15 is 0 Å². The van der Waals surface area contributed by atoms with Gasteiger partial charge >= 0.3 is 6.61 Å². The van der Waals surface area contributed by atoms with Crippen LogP contribution in [0.15, 0.2) is 36.5 Å². The Kier molecular flexibility index (Phi) is 2.85. The molecule has 1 aliphatic heterocycles. The number of halogens is 2. The van der Waals surface area contributed by atoms with Crippen molar-refractivity contribution in [2.75, 3.05) is 4.90 Å². The molecular weight excluding hydrogens is 216 g/mol. The first kappa shape index (κ1) is 10.6. The average molecular weight is 225 g/mol. The van der Waals surface area contributed by atoms with Gasteiger partial charge in [0.15, 0.2) is 0 Å². The fourth-order valence-electron chi connectivity index (χ4n) is 1.48. The SMILES string of the molecule is O=C1CC=CN1c1cccc(OC(F)F)c1. The summed E-state index contributed by atoms with van der Waals surface area (Å²) < 4.78 is 28.2. The van der Waals surface area contributed by atoms with Gasteiger partial charge in [0.1, 0.15) is 5.75 Å². The highest BCUT2D eigenvalue weighted by Crippen LogP contribution is 2.25. The van der Waals surface area contributed by atoms with Crippen LogP contribution in [0.5, 0.6) is 5.75 Å². The molecule has 16 heavy (non-hydrogen) atoms. The maximum atomic E-state index is 12.0. The Labute approximate surface area is 90.9 Å². The molecule has 1 amide bonds. The van der Waals surface area contributed by atoms with Crippen molar-refractivity contribution in [1.82, 2.24) is 0 Å². The second kappa shape index (κ2) is 4.30. The van der Waals surface area contributed by atoms with Crippen LogP contribution in [0.25, 0.3) is 0 Å². The average Bonchev–Trinajstić information content (AvgIpc) is 2.64. The summed E-state index contributed by atoms with van der Waals surface area (Å²) in [5.41, 5.74) is 0.525. The minimum absolute atomic E-state index is 0.0422. The Bertz CT molecular complexity index is 432. The first-order valence-electron chi connectivity index (χ1n) is 4.70. The number of hydrogen-bond donors (Lipinski definition) is 0. The minimum atomic E-state index is -2.86. The Morgan fingerprint density at radius 3 is 2.81 bits per heavy atom. The summed E-state index contributed by atoms with van der Waals surface area (Å²) in [6.07, 6.45) is 3.66. The standard InChI is InChI=1S/C11H9F2NO2/c12-11(13)16-9-4-1-3-8(7-9)14-6-2-5-10(14)15/h1-4,6-7,11H,5H2. The fraction of sp³-hybridized carbons (Fsp3) is 0.182. The maximum absolute atomic E-state index is 12.0. The number of rotatable bonds is 3. The summed E-state index contributed by atoms with van der Waals surface area (Å²) >= 11 is 0. The van der Waals surface area contributed by atoms with Crippen molar-refractivity contribution in [1.29, 1.82) is 0 Å². The summed E-state index contributed by atoms with van der Waals surface area (Å²) in [5.74, 6) is -0.0465. The van der Waals surface area contributed by atoms with E-state index in [0.717, 1.165) is 0 Å². The van der Waals surface area contributed by atoms with Crippen LogP contribution in [-0.4, -0.2) is 12.5 Å². The summed E-state index contributed by atoms with van der Waals surface area (Å²) in [6.45, 7) is -2.86. The van der Waals surface area contributed by atoms with Crippen LogP contribution >= 0.6 is 0 Å². The lowest BCUT2D eigenvalue weighted by Gasteiger charge is -2.14. The molecule has 1 aromatic carbocycles. The van der Waals surface area contributed by atoms with Gasteiger partial charge in [0.2, 0.25) is 5.91 Å². The zero-order valence-corrected chi connectivity index (χ0v) is 8.27. The Balaban J connectivity index is 2.21. The van der Waals surface area contributed by atoms with Crippen LogP contribution in [-0.2, 0) is 4.79 Å². The van der Waals surface area contributed by atoms with Crippen molar-refractivity contribution < 1.29 is 18.3 Å². The third kappa shape index (κ3) is 2.18. The Hall–Kier alpha value is -1.91. The van der Waals surface area contributed by atoms with Gasteiger partial charge in [-0.25, -0.2) is 0 Å². The zero-order chi connectivity index (χ0) is 11.5. The number of carbonyl (C=O) groups is 1. The molecule has 0 saturated heterocycles. The van der Waals surface area contributed by atoms with Gasteiger partial charge in [0.25, 0.3) is 0 Å². The molecule has 2 rings (SSSR count). The summed E-state index contributed by atoms with van der Waals surface area (Å²) in [7, 11) is 0. The molecule has 84 valence electrons. The van der Waals surface area contributed by atoms with Gasteiger partial charge in [-0.05, 0) is 12.1 Å². The second-order valence-electron chi connectivity index (χ2n) is 3.23. The van der Waals surface area contributed by atoms with Gasteiger partial charge in [0, 0.05) is 18.7 Å². The van der Waals surface area contributed by atoms with E-state index in [1.54, 1.807) is 24.4 Å². The van der Waals surface area contributed by atoms with Gasteiger partial charge < -0.3 is 4.74 Å². The quantitative estimate of drug-likeness (QED) is 0.791. The van der Waals surface area contributed by atoms with Gasteiger partial charge in [-0.3, -0.25) is 9.69 Å². The van der Waals surface area contributed by atoms with Crippen molar-refractivity contribution in [3.63, 3.8) is 0 Å². The van der Waals surface area contributed by atoms with Crippen LogP contribution in [0, 0.1) is 0 Å². The first-order valence-corrected chi connectivity index (χ1v) is 4.70. The number of benzene rings is 1. The molecule has 5 heteroatoms. The van der Waals surface area contributed by atoms with Gasteiger partial charge in [-0.15, -0.1) is 0 Å². The molecule has 0 radical (unpaired) electrons. The second-order valence-corrected chi connectivity index (χ2v) is 3.23. The van der Waals surface area contributed by atoms with E-state index in [-0.39, 0.29) is 11.7 Å². The van der Waals surface area contributed by atoms with Crippen molar-refractivity contribution in [2.45, 2.75) is 13.0 Å². The summed E-state index contributed by atoms with van der Waals surface area (Å²) in [6, 6.07) is 6.04. The van der Waals surface area contributed by atoms with E-state index in [1.165, 1.54) is 17.0 Å². The largest absolute Gasteiger partial charge is 0.435 e. The third-order valence-electron chi connectivity index (χ3n) is 2.14. The highest BCUT2D eigenvalue weighted by molar-refractivity contribution is 5.98. The fourth-order valence-corrected chi connectivity index (χ4v) is 1.48. The normalized spacial score (nSPS) is 14.9. The lowest BCUT2D eigenvalue weighted by molar-refractivity contribution is -0.116. The molecule has 0 saturated carbocycles. The number of ether oxygens (including phenoxy) is 1. The van der Waals surface area contributed by atoms with E-state index in [1.807, 2.05) is 0 Å². The van der Waals surface area contributed by atoms with Crippen molar-refractivity contribution in [2.24, 2.45) is 0 Å². The monoisotopic (exact) mass is 225 g/mol. The van der Waals surface area contributed by atoms with E-state index in [9.17, 15) is 13.6 Å². The van der Waals surface area contributed by atoms with Crippen LogP contribution in [0.1, 0.15) is 6.42 Å². The van der Waals surface area contributed by atoms with Crippen LogP contribution in [0.4, 0.5) is 14.5 Å². The van der Waals surface area contributed by atoms with Crippen molar-refractivity contribution in [3.05, 3.63) is 36.5 Å². The van der Waals surface area contributed by atoms with Crippen molar-refractivity contribution in [3.8, 4) is 5.75 Å². The third-order valence-corrected chi connectivity index (χ3v) is 2.14. The molecule has 0 bridgehead atoms. The van der Waals surface area contributed by atoms with E-state index in [2.05, 4.69) is 4.74 Å². The highest BCUT2D eigenvalue weighted by atomic mass is 19.3. The number of carbonyl (C=O) groups excluding carboxylic acids is 1. The molecule has 1 heterocycles. The number of nitrogens with zero attached hydrogens (tertiary/aromatic N) is 1. The predicted octanol–water partition coefficient (Wildman–Crippen LogP) is 2.54. The molecular formula is C11H9F2NO2. The highest BCUT2D eigenvalue weighted by Gasteiger charge is 2.17. The van der Waals surface area contributed by atoms with Crippen LogP contribution < -0.4 is 9.64 Å². The van der Waals surface area contributed by atoms with Crippen LogP contribution in [0.2, 0.25) is 0 Å². The summed E-state index contributed by atoms with van der Waals surface area (Å²) in [5, 5.41) is 0. The molecule has 0 aliphatic carbocycles. The number of alkyl halides is 2. The molecule has 3 nitrogen and oxygen atoms in total. The summed E-state index contributed by atoms with van der Waals surface area (Å²) in [4.78, 5) is 12.8. The smallest absolute Gasteiger partial charge is 0.387 e. The Morgan fingerprint density at radius 2 is 2.19 bits per heavy atom. The number of amides is 1. The molecule has 0 aromatic heterocycles. The first-order chi connectivity index (χ1) is 7.66. The van der Waals surface area contributed by atoms with E-state index < -0.39 is 6.61 Å². The van der Waals surface area contributed by atoms with Gasteiger partial charge in [-0.2, -0.15) is 8.78 Å². The van der Waals surface area contributed by atoms with Crippen molar-refractivity contribution >= 4 is 11.6 Å². The van der Waals surface area contributed by atoms with Crippen LogP contribution in [0.3, 0.4) is 0 Å². The van der Waals surface area contributed by atoms with Gasteiger partial charge in [0.05, 0.1) is 5.69 Å². The Morgan fingerprint density at radius 1 is 1.38 bits per heavy atom. The molecule has 0 unspecified atom stereocenters. The lowest BCUT2D eigenvalue weighted by atomic mass is 10.3. The predicted molar refractivity (Wildman–Crippen MR) is 54.3 cm³/mol.